The Labute approximate surface area is 143 Å². The first-order valence-electron chi connectivity index (χ1n) is 8.48. The maximum atomic E-state index is 12.2. The Morgan fingerprint density at radius 3 is 2.50 bits per heavy atom. The lowest BCUT2D eigenvalue weighted by Gasteiger charge is -2.17. The Hall–Kier alpha value is -2.33. The molecule has 0 aliphatic rings. The molecule has 1 amide bonds. The average Bonchev–Trinajstić information content (AvgIpc) is 2.63. The van der Waals surface area contributed by atoms with Crippen molar-refractivity contribution < 1.29 is 14.7 Å². The molecule has 1 atom stereocenters. The van der Waals surface area contributed by atoms with Gasteiger partial charge in [0.2, 0.25) is 0 Å². The minimum Gasteiger partial charge on any atom is -0.494 e. The summed E-state index contributed by atoms with van der Waals surface area (Å²) >= 11 is 0. The van der Waals surface area contributed by atoms with Crippen molar-refractivity contribution in [2.75, 3.05) is 6.61 Å². The SMILES string of the molecule is CCCCCCOc1cccc(C(C(=O)NO)c2ccccc2)c1. The maximum Gasteiger partial charge on any atom is 0.255 e. The van der Waals surface area contributed by atoms with Crippen molar-refractivity contribution >= 4 is 5.91 Å². The van der Waals surface area contributed by atoms with Gasteiger partial charge in [-0.15, -0.1) is 0 Å². The van der Waals surface area contributed by atoms with Crippen molar-refractivity contribution in [1.29, 1.82) is 0 Å². The van der Waals surface area contributed by atoms with Gasteiger partial charge in [-0.1, -0.05) is 68.7 Å². The molecule has 0 aliphatic heterocycles. The minimum absolute atomic E-state index is 0.457. The molecule has 0 aromatic heterocycles. The number of carbonyl (C=O) groups is 1. The van der Waals surface area contributed by atoms with Gasteiger partial charge < -0.3 is 4.74 Å². The van der Waals surface area contributed by atoms with Gasteiger partial charge >= 0.3 is 0 Å². The highest BCUT2D eigenvalue weighted by molar-refractivity contribution is 5.86. The van der Waals surface area contributed by atoms with Crippen LogP contribution in [0, 0.1) is 0 Å². The molecular weight excluding hydrogens is 302 g/mol. The number of benzene rings is 2. The standard InChI is InChI=1S/C20H25NO3/c1-2-3-4-8-14-24-18-13-9-12-17(15-18)19(20(22)21-23)16-10-6-5-7-11-16/h5-7,9-13,15,19,23H,2-4,8,14H2,1H3,(H,21,22). The van der Waals surface area contributed by atoms with Gasteiger partial charge in [0.1, 0.15) is 5.75 Å². The summed E-state index contributed by atoms with van der Waals surface area (Å²) in [6.45, 7) is 2.85. The predicted molar refractivity (Wildman–Crippen MR) is 94.3 cm³/mol. The number of nitrogens with one attached hydrogen (secondary N) is 1. The highest BCUT2D eigenvalue weighted by atomic mass is 16.5. The van der Waals surface area contributed by atoms with E-state index in [1.54, 1.807) is 5.48 Å². The van der Waals surface area contributed by atoms with Crippen LogP contribution < -0.4 is 10.2 Å². The molecule has 2 aromatic rings. The summed E-state index contributed by atoms with van der Waals surface area (Å²) in [6, 6.07) is 16.9. The van der Waals surface area contributed by atoms with Crippen molar-refractivity contribution in [2.24, 2.45) is 0 Å². The molecule has 128 valence electrons. The van der Waals surface area contributed by atoms with E-state index in [4.69, 9.17) is 9.94 Å². The third kappa shape index (κ3) is 5.10. The second-order valence-corrected chi connectivity index (χ2v) is 5.80. The van der Waals surface area contributed by atoms with E-state index in [0.717, 1.165) is 29.7 Å². The van der Waals surface area contributed by atoms with Gasteiger partial charge in [0.15, 0.2) is 0 Å². The molecule has 0 spiro atoms. The molecule has 4 heteroatoms. The smallest absolute Gasteiger partial charge is 0.255 e. The van der Waals surface area contributed by atoms with Crippen LogP contribution in [0.5, 0.6) is 5.75 Å². The largest absolute Gasteiger partial charge is 0.494 e. The predicted octanol–water partition coefficient (Wildman–Crippen LogP) is 4.28. The summed E-state index contributed by atoms with van der Waals surface area (Å²) in [5.41, 5.74) is 3.38. The lowest BCUT2D eigenvalue weighted by Crippen LogP contribution is -2.27. The third-order valence-corrected chi connectivity index (χ3v) is 3.96. The summed E-state index contributed by atoms with van der Waals surface area (Å²) in [5, 5.41) is 9.09. The molecule has 0 heterocycles. The molecular formula is C20H25NO3. The highest BCUT2D eigenvalue weighted by Crippen LogP contribution is 2.27. The van der Waals surface area contributed by atoms with Gasteiger partial charge in [-0.25, -0.2) is 5.48 Å². The Balaban J connectivity index is 2.13. The van der Waals surface area contributed by atoms with Gasteiger partial charge in [0.25, 0.3) is 5.91 Å². The summed E-state index contributed by atoms with van der Waals surface area (Å²) in [4.78, 5) is 12.2. The first kappa shape index (κ1) is 18.0. The molecule has 0 fully saturated rings. The first-order valence-corrected chi connectivity index (χ1v) is 8.48. The Kier molecular flexibility index (Phi) is 7.30. The van der Waals surface area contributed by atoms with Crippen molar-refractivity contribution in [2.45, 2.75) is 38.5 Å². The lowest BCUT2D eigenvalue weighted by molar-refractivity contribution is -0.129. The number of ether oxygens (including phenoxy) is 1. The van der Waals surface area contributed by atoms with Crippen molar-refractivity contribution in [3.8, 4) is 5.75 Å². The maximum absolute atomic E-state index is 12.2. The Morgan fingerprint density at radius 2 is 1.79 bits per heavy atom. The zero-order valence-corrected chi connectivity index (χ0v) is 14.1. The number of hydrogen-bond donors (Lipinski definition) is 2. The lowest BCUT2D eigenvalue weighted by atomic mass is 9.90. The van der Waals surface area contributed by atoms with Crippen LogP contribution in [0.1, 0.15) is 49.7 Å². The van der Waals surface area contributed by atoms with E-state index in [-0.39, 0.29) is 0 Å². The minimum atomic E-state index is -0.570. The number of unbranched alkanes of at least 4 members (excludes halogenated alkanes) is 3. The van der Waals surface area contributed by atoms with Crippen LogP contribution in [-0.4, -0.2) is 17.7 Å². The number of carbonyl (C=O) groups excluding carboxylic acids is 1. The molecule has 0 aliphatic carbocycles. The fraction of sp³-hybridized carbons (Fsp3) is 0.350. The van der Waals surface area contributed by atoms with Crippen LogP contribution in [0.15, 0.2) is 54.6 Å². The summed E-state index contributed by atoms with van der Waals surface area (Å²) in [7, 11) is 0. The molecule has 24 heavy (non-hydrogen) atoms. The molecule has 4 nitrogen and oxygen atoms in total. The second-order valence-electron chi connectivity index (χ2n) is 5.80. The monoisotopic (exact) mass is 327 g/mol. The zero-order valence-electron chi connectivity index (χ0n) is 14.1. The van der Waals surface area contributed by atoms with Gasteiger partial charge in [-0.3, -0.25) is 10.0 Å². The second kappa shape index (κ2) is 9.73. The number of hydrogen-bond acceptors (Lipinski definition) is 3. The molecule has 0 saturated carbocycles. The fourth-order valence-electron chi connectivity index (χ4n) is 2.71. The van der Waals surface area contributed by atoms with E-state index in [0.29, 0.717) is 6.61 Å². The molecule has 0 radical (unpaired) electrons. The molecule has 2 rings (SSSR count). The molecule has 0 bridgehead atoms. The van der Waals surface area contributed by atoms with Crippen LogP contribution in [0.3, 0.4) is 0 Å². The van der Waals surface area contributed by atoms with Gasteiger partial charge in [-0.2, -0.15) is 0 Å². The Morgan fingerprint density at radius 1 is 1.04 bits per heavy atom. The summed E-state index contributed by atoms with van der Waals surface area (Å²) < 4.78 is 5.80. The van der Waals surface area contributed by atoms with Crippen LogP contribution in [0.4, 0.5) is 0 Å². The van der Waals surface area contributed by atoms with Gasteiger partial charge in [0.05, 0.1) is 12.5 Å². The quantitative estimate of drug-likeness (QED) is 0.410. The van der Waals surface area contributed by atoms with E-state index >= 15 is 0 Å². The number of rotatable bonds is 9. The average molecular weight is 327 g/mol. The normalized spacial score (nSPS) is 11.8. The van der Waals surface area contributed by atoms with Crippen LogP contribution in [-0.2, 0) is 4.79 Å². The van der Waals surface area contributed by atoms with Crippen molar-refractivity contribution in [3.05, 3.63) is 65.7 Å². The Bertz CT molecular complexity index is 628. The van der Waals surface area contributed by atoms with Crippen molar-refractivity contribution in [1.82, 2.24) is 5.48 Å². The number of hydroxylamine groups is 1. The summed E-state index contributed by atoms with van der Waals surface area (Å²) in [6.07, 6.45) is 4.60. The molecule has 0 saturated heterocycles. The fourth-order valence-corrected chi connectivity index (χ4v) is 2.71. The van der Waals surface area contributed by atoms with Gasteiger partial charge in [-0.05, 0) is 29.7 Å². The number of amides is 1. The van der Waals surface area contributed by atoms with E-state index < -0.39 is 11.8 Å². The van der Waals surface area contributed by atoms with E-state index in [2.05, 4.69) is 6.92 Å². The summed E-state index contributed by atoms with van der Waals surface area (Å²) in [5.74, 6) is -0.281. The third-order valence-electron chi connectivity index (χ3n) is 3.96. The van der Waals surface area contributed by atoms with E-state index in [1.165, 1.54) is 12.8 Å². The van der Waals surface area contributed by atoms with Crippen LogP contribution in [0.2, 0.25) is 0 Å². The molecule has 2 N–H and O–H groups in total. The topological polar surface area (TPSA) is 58.6 Å². The highest BCUT2D eigenvalue weighted by Gasteiger charge is 2.22. The zero-order chi connectivity index (χ0) is 17.2. The van der Waals surface area contributed by atoms with Crippen molar-refractivity contribution in [3.63, 3.8) is 0 Å². The van der Waals surface area contributed by atoms with Crippen LogP contribution >= 0.6 is 0 Å². The molecule has 1 unspecified atom stereocenters. The van der Waals surface area contributed by atoms with E-state index in [1.807, 2.05) is 54.6 Å². The van der Waals surface area contributed by atoms with Crippen LogP contribution in [0.25, 0.3) is 0 Å². The van der Waals surface area contributed by atoms with E-state index in [9.17, 15) is 4.79 Å². The van der Waals surface area contributed by atoms with Gasteiger partial charge in [0, 0.05) is 0 Å². The molecule has 2 aromatic carbocycles. The first-order chi connectivity index (χ1) is 11.8.